The predicted octanol–water partition coefficient (Wildman–Crippen LogP) is 4.44. The van der Waals surface area contributed by atoms with E-state index in [4.69, 9.17) is 35.4 Å². The van der Waals surface area contributed by atoms with Crippen LogP contribution in [0.15, 0.2) is 48.7 Å². The minimum atomic E-state index is -0.354. The van der Waals surface area contributed by atoms with Crippen molar-refractivity contribution in [2.75, 3.05) is 0 Å². The zero-order chi connectivity index (χ0) is 18.7. The van der Waals surface area contributed by atoms with E-state index < -0.39 is 0 Å². The van der Waals surface area contributed by atoms with Crippen molar-refractivity contribution in [2.45, 2.75) is 19.0 Å². The van der Waals surface area contributed by atoms with Crippen LogP contribution in [0.4, 0.5) is 0 Å². The van der Waals surface area contributed by atoms with Gasteiger partial charge in [-0.25, -0.2) is 4.98 Å². The smallest absolute Gasteiger partial charge is 0.127 e. The van der Waals surface area contributed by atoms with Crippen LogP contribution in [0.2, 0.25) is 10.0 Å². The van der Waals surface area contributed by atoms with E-state index in [1.54, 1.807) is 24.3 Å². The van der Waals surface area contributed by atoms with Crippen molar-refractivity contribution < 1.29 is 5.11 Å². The van der Waals surface area contributed by atoms with Crippen LogP contribution in [0.1, 0.15) is 17.4 Å². The highest BCUT2D eigenvalue weighted by Gasteiger charge is 2.18. The molecule has 3 N–H and O–H groups in total. The molecule has 2 aromatic carbocycles. The maximum absolute atomic E-state index is 9.41. The van der Waals surface area contributed by atoms with Crippen LogP contribution in [0.5, 0.6) is 5.75 Å². The number of terminal acetylenes is 1. The summed E-state index contributed by atoms with van der Waals surface area (Å²) in [6, 6.07) is 11.8. The lowest BCUT2D eigenvalue weighted by atomic mass is 10.1. The molecule has 0 aliphatic heterocycles. The van der Waals surface area contributed by atoms with Gasteiger partial charge in [0, 0.05) is 16.8 Å². The maximum Gasteiger partial charge on any atom is 0.127 e. The van der Waals surface area contributed by atoms with Gasteiger partial charge in [-0.15, -0.1) is 6.42 Å². The Morgan fingerprint density at radius 2 is 1.92 bits per heavy atom. The van der Waals surface area contributed by atoms with Crippen molar-refractivity contribution in [1.82, 2.24) is 9.55 Å². The molecular formula is C20H17Cl2N3O. The second kappa shape index (κ2) is 7.84. The molecule has 0 saturated heterocycles. The molecule has 0 amide bonds. The predicted molar refractivity (Wildman–Crippen MR) is 105 cm³/mol. The number of halogens is 2. The fraction of sp³-hybridized carbons (Fsp3) is 0.150. The number of aromatic nitrogens is 2. The Balaban J connectivity index is 1.94. The first-order valence-electron chi connectivity index (χ1n) is 7.97. The molecule has 0 aliphatic rings. The summed E-state index contributed by atoms with van der Waals surface area (Å²) in [6.07, 6.45) is 7.90. The van der Waals surface area contributed by atoms with E-state index in [0.717, 1.165) is 11.1 Å². The standard InChI is InChI=1S/C20H17Cl2N3O/c1-2-9-25-12-19(16-8-5-14(21)11-17(16)22)24-20(25)18(23)10-13-3-6-15(26)7-4-13/h1,3-8,11-12,18,26H,9-10,23H2/t18-/m0/s1. The summed E-state index contributed by atoms with van der Waals surface area (Å²) >= 11 is 12.3. The molecule has 6 heteroatoms. The van der Waals surface area contributed by atoms with Gasteiger partial charge in [-0.3, -0.25) is 0 Å². The van der Waals surface area contributed by atoms with E-state index >= 15 is 0 Å². The van der Waals surface area contributed by atoms with Gasteiger partial charge in [0.25, 0.3) is 0 Å². The molecule has 3 aromatic rings. The zero-order valence-electron chi connectivity index (χ0n) is 13.9. The minimum absolute atomic E-state index is 0.218. The lowest BCUT2D eigenvalue weighted by molar-refractivity contribution is 0.475. The van der Waals surface area contributed by atoms with Gasteiger partial charge in [-0.1, -0.05) is 41.3 Å². The Hall–Kier alpha value is -2.45. The number of rotatable bonds is 5. The second-order valence-corrected chi connectivity index (χ2v) is 6.76. The molecule has 0 spiro atoms. The Morgan fingerprint density at radius 1 is 1.19 bits per heavy atom. The van der Waals surface area contributed by atoms with Gasteiger partial charge < -0.3 is 15.4 Å². The number of phenolic OH excluding ortho intramolecular Hbond substituents is 1. The van der Waals surface area contributed by atoms with E-state index in [0.29, 0.717) is 34.5 Å². The molecule has 3 rings (SSSR count). The van der Waals surface area contributed by atoms with Crippen molar-refractivity contribution in [3.63, 3.8) is 0 Å². The zero-order valence-corrected chi connectivity index (χ0v) is 15.4. The van der Waals surface area contributed by atoms with Crippen molar-refractivity contribution >= 4 is 23.2 Å². The van der Waals surface area contributed by atoms with Gasteiger partial charge in [-0.2, -0.15) is 0 Å². The van der Waals surface area contributed by atoms with Gasteiger partial charge in [-0.05, 0) is 42.3 Å². The number of hydrogen-bond donors (Lipinski definition) is 2. The molecule has 0 bridgehead atoms. The van der Waals surface area contributed by atoms with Crippen molar-refractivity contribution in [3.05, 3.63) is 70.1 Å². The summed E-state index contributed by atoms with van der Waals surface area (Å²) in [5, 5.41) is 10.5. The molecule has 0 aliphatic carbocycles. The highest BCUT2D eigenvalue weighted by atomic mass is 35.5. The van der Waals surface area contributed by atoms with Crippen LogP contribution in [0.25, 0.3) is 11.3 Å². The molecule has 4 nitrogen and oxygen atoms in total. The molecule has 0 unspecified atom stereocenters. The fourth-order valence-electron chi connectivity index (χ4n) is 2.76. The molecular weight excluding hydrogens is 369 g/mol. The van der Waals surface area contributed by atoms with Crippen LogP contribution in [0.3, 0.4) is 0 Å². The van der Waals surface area contributed by atoms with Gasteiger partial charge >= 0.3 is 0 Å². The first-order chi connectivity index (χ1) is 12.5. The lowest BCUT2D eigenvalue weighted by Gasteiger charge is -2.12. The van der Waals surface area contributed by atoms with Gasteiger partial charge in [0.15, 0.2) is 0 Å². The highest BCUT2D eigenvalue weighted by Crippen LogP contribution is 2.31. The second-order valence-electron chi connectivity index (χ2n) is 5.92. The number of imidazole rings is 1. The molecule has 26 heavy (non-hydrogen) atoms. The molecule has 1 aromatic heterocycles. The average Bonchev–Trinajstić information content (AvgIpc) is 3.01. The monoisotopic (exact) mass is 385 g/mol. The van der Waals surface area contributed by atoms with E-state index in [1.165, 1.54) is 0 Å². The van der Waals surface area contributed by atoms with E-state index in [2.05, 4.69) is 10.9 Å². The number of phenols is 1. The SMILES string of the molecule is C#CCn1cc(-c2ccc(Cl)cc2Cl)nc1[C@@H](N)Cc1ccc(O)cc1. The Bertz CT molecular complexity index is 958. The first-order valence-corrected chi connectivity index (χ1v) is 8.73. The number of nitrogens with two attached hydrogens (primary N) is 1. The Labute approximate surface area is 162 Å². The molecule has 0 saturated carbocycles. The summed E-state index contributed by atoms with van der Waals surface area (Å²) in [7, 11) is 0. The molecule has 0 fully saturated rings. The summed E-state index contributed by atoms with van der Waals surface area (Å²) in [4.78, 5) is 4.67. The third-order valence-corrected chi connectivity index (χ3v) is 4.55. The quantitative estimate of drug-likeness (QED) is 0.638. The summed E-state index contributed by atoms with van der Waals surface area (Å²) < 4.78 is 1.85. The van der Waals surface area contributed by atoms with Crippen molar-refractivity contribution in [2.24, 2.45) is 5.73 Å². The number of benzene rings is 2. The molecule has 1 heterocycles. The third-order valence-electron chi connectivity index (χ3n) is 4.00. The highest BCUT2D eigenvalue weighted by molar-refractivity contribution is 6.36. The van der Waals surface area contributed by atoms with E-state index in [-0.39, 0.29) is 11.8 Å². The summed E-state index contributed by atoms with van der Waals surface area (Å²) in [6.45, 7) is 0.358. The van der Waals surface area contributed by atoms with Gasteiger partial charge in [0.2, 0.25) is 0 Å². The Morgan fingerprint density at radius 3 is 2.58 bits per heavy atom. The van der Waals surface area contributed by atoms with Crippen LogP contribution < -0.4 is 5.73 Å². The largest absolute Gasteiger partial charge is 0.508 e. The fourth-order valence-corrected chi connectivity index (χ4v) is 3.26. The van der Waals surface area contributed by atoms with Gasteiger partial charge in [0.05, 0.1) is 23.3 Å². The van der Waals surface area contributed by atoms with Crippen molar-refractivity contribution in [1.29, 1.82) is 0 Å². The number of nitrogens with zero attached hydrogens (tertiary/aromatic N) is 2. The Kier molecular flexibility index (Phi) is 5.53. The average molecular weight is 386 g/mol. The third kappa shape index (κ3) is 4.03. The van der Waals surface area contributed by atoms with Crippen LogP contribution in [-0.2, 0) is 13.0 Å². The molecule has 132 valence electrons. The molecule has 0 radical (unpaired) electrons. The minimum Gasteiger partial charge on any atom is -0.508 e. The van der Waals surface area contributed by atoms with E-state index in [9.17, 15) is 5.11 Å². The van der Waals surface area contributed by atoms with Crippen LogP contribution in [-0.4, -0.2) is 14.7 Å². The topological polar surface area (TPSA) is 64.1 Å². The summed E-state index contributed by atoms with van der Waals surface area (Å²) in [5.41, 5.74) is 8.84. The maximum atomic E-state index is 9.41. The first kappa shape index (κ1) is 18.3. The van der Waals surface area contributed by atoms with Crippen LogP contribution >= 0.6 is 23.2 Å². The number of aromatic hydroxyl groups is 1. The van der Waals surface area contributed by atoms with Crippen molar-refractivity contribution in [3.8, 4) is 29.4 Å². The normalized spacial score (nSPS) is 11.9. The van der Waals surface area contributed by atoms with Gasteiger partial charge in [0.1, 0.15) is 11.6 Å². The lowest BCUT2D eigenvalue weighted by Crippen LogP contribution is -2.18. The van der Waals surface area contributed by atoms with E-state index in [1.807, 2.05) is 29.0 Å². The molecule has 1 atom stereocenters. The van der Waals surface area contributed by atoms with Crippen LogP contribution in [0, 0.1) is 12.3 Å². The summed E-state index contributed by atoms with van der Waals surface area (Å²) in [5.74, 6) is 3.52. The number of hydrogen-bond acceptors (Lipinski definition) is 3.